The zero-order valence-corrected chi connectivity index (χ0v) is 11.0. The molecule has 0 aliphatic heterocycles. The molecule has 0 saturated heterocycles. The van der Waals surface area contributed by atoms with Crippen molar-refractivity contribution in [2.75, 3.05) is 14.2 Å². The number of rotatable bonds is 4. The van der Waals surface area contributed by atoms with Crippen LogP contribution in [-0.2, 0) is 13.6 Å². The van der Waals surface area contributed by atoms with Crippen LogP contribution in [0.3, 0.4) is 0 Å². The van der Waals surface area contributed by atoms with Gasteiger partial charge >= 0.3 is 7.60 Å². The molecule has 16 heavy (non-hydrogen) atoms. The van der Waals surface area contributed by atoms with Crippen LogP contribution in [0.4, 0.5) is 4.39 Å². The molecule has 1 aromatic rings. The lowest BCUT2D eigenvalue weighted by atomic mass is 10.2. The lowest BCUT2D eigenvalue weighted by Gasteiger charge is -2.11. The third-order valence-corrected chi connectivity index (χ3v) is 4.22. The molecule has 88 valence electrons. The zero-order valence-electron chi connectivity index (χ0n) is 8.57. The summed E-state index contributed by atoms with van der Waals surface area (Å²) in [4.78, 5) is 11.7. The van der Waals surface area contributed by atoms with Crippen LogP contribution >= 0.6 is 23.5 Å². The Labute approximate surface area is 100 Å². The van der Waals surface area contributed by atoms with Gasteiger partial charge in [0.2, 0.25) is 0 Å². The Kier molecular flexibility index (Phi) is 4.38. The van der Waals surface area contributed by atoms with Gasteiger partial charge in [-0.3, -0.25) is 9.36 Å². The quantitative estimate of drug-likeness (QED) is 0.801. The normalized spacial score (nSPS) is 11.5. The Balaban J connectivity index is 3.15. The van der Waals surface area contributed by atoms with Gasteiger partial charge in [-0.1, -0.05) is 0 Å². The zero-order chi connectivity index (χ0) is 12.3. The minimum Gasteiger partial charge on any atom is -0.306 e. The number of hydrogen-bond acceptors (Lipinski definition) is 4. The van der Waals surface area contributed by atoms with E-state index in [1.165, 1.54) is 12.1 Å². The fourth-order valence-corrected chi connectivity index (χ4v) is 2.34. The molecule has 0 aliphatic rings. The molecule has 0 fully saturated rings. The molecule has 0 aliphatic carbocycles. The van der Waals surface area contributed by atoms with Crippen LogP contribution < -0.4 is 0 Å². The average molecular weight is 311 g/mol. The first-order valence-electron chi connectivity index (χ1n) is 4.16. The van der Waals surface area contributed by atoms with Crippen molar-refractivity contribution in [1.82, 2.24) is 0 Å². The van der Waals surface area contributed by atoms with Gasteiger partial charge in [-0.05, 0) is 34.1 Å². The molecule has 0 saturated carbocycles. The van der Waals surface area contributed by atoms with E-state index >= 15 is 0 Å². The fourth-order valence-electron chi connectivity index (χ4n) is 1.03. The number of benzene rings is 1. The fraction of sp³-hybridized carbons (Fsp3) is 0.222. The maximum Gasteiger partial charge on any atom is 0.401 e. The second-order valence-electron chi connectivity index (χ2n) is 2.80. The predicted molar refractivity (Wildman–Crippen MR) is 60.1 cm³/mol. The highest BCUT2D eigenvalue weighted by Gasteiger charge is 2.33. The molecule has 0 heterocycles. The Bertz CT molecular complexity index is 455. The van der Waals surface area contributed by atoms with Crippen molar-refractivity contribution < 1.29 is 22.8 Å². The molecule has 0 bridgehead atoms. The Morgan fingerprint density at radius 2 is 1.94 bits per heavy atom. The van der Waals surface area contributed by atoms with Crippen LogP contribution in [0, 0.1) is 5.82 Å². The van der Waals surface area contributed by atoms with E-state index in [-0.39, 0.29) is 10.0 Å². The first-order valence-corrected chi connectivity index (χ1v) is 6.49. The monoisotopic (exact) mass is 310 g/mol. The van der Waals surface area contributed by atoms with Gasteiger partial charge in [0.1, 0.15) is 5.82 Å². The lowest BCUT2D eigenvalue weighted by Crippen LogP contribution is -2.04. The van der Waals surface area contributed by atoms with Gasteiger partial charge in [-0.2, -0.15) is 0 Å². The molecule has 0 aromatic heterocycles. The Hall–Kier alpha value is -0.550. The van der Waals surface area contributed by atoms with Crippen molar-refractivity contribution in [3.05, 3.63) is 34.1 Å². The Morgan fingerprint density at radius 1 is 1.38 bits per heavy atom. The molecule has 1 aromatic carbocycles. The summed E-state index contributed by atoms with van der Waals surface area (Å²) in [5.41, 5.74) is -0.751. The van der Waals surface area contributed by atoms with Crippen molar-refractivity contribution in [2.24, 2.45) is 0 Å². The number of carbonyl (C=O) groups excluding carboxylic acids is 1. The minimum atomic E-state index is -3.81. The molecule has 4 nitrogen and oxygen atoms in total. The third kappa shape index (κ3) is 2.58. The summed E-state index contributed by atoms with van der Waals surface area (Å²) in [6, 6.07) is 3.53. The van der Waals surface area contributed by atoms with E-state index in [0.29, 0.717) is 0 Å². The van der Waals surface area contributed by atoms with Gasteiger partial charge in [0.05, 0.1) is 4.47 Å². The summed E-state index contributed by atoms with van der Waals surface area (Å²) in [7, 11) is -1.59. The second-order valence-corrected chi connectivity index (χ2v) is 5.78. The molecular weight excluding hydrogens is 302 g/mol. The third-order valence-electron chi connectivity index (χ3n) is 1.90. The van der Waals surface area contributed by atoms with E-state index < -0.39 is 18.9 Å². The summed E-state index contributed by atoms with van der Waals surface area (Å²) < 4.78 is 33.9. The van der Waals surface area contributed by atoms with E-state index in [2.05, 4.69) is 25.0 Å². The van der Waals surface area contributed by atoms with E-state index in [4.69, 9.17) is 0 Å². The van der Waals surface area contributed by atoms with E-state index in [1.807, 2.05) is 0 Å². The number of carbonyl (C=O) groups is 1. The van der Waals surface area contributed by atoms with Gasteiger partial charge in [0.15, 0.2) is 0 Å². The largest absolute Gasteiger partial charge is 0.401 e. The maximum atomic E-state index is 12.9. The SMILES string of the molecule is COP(=O)(OC)C(=O)c1ccc(F)c(Br)c1. The molecular formula is C9H9BrFO4P. The topological polar surface area (TPSA) is 52.6 Å². The summed E-state index contributed by atoms with van der Waals surface area (Å²) in [5, 5.41) is 0. The first kappa shape index (κ1) is 13.5. The molecule has 0 atom stereocenters. The second kappa shape index (κ2) is 5.19. The Morgan fingerprint density at radius 3 is 2.38 bits per heavy atom. The molecule has 7 heteroatoms. The van der Waals surface area contributed by atoms with E-state index in [9.17, 15) is 13.8 Å². The summed E-state index contributed by atoms with van der Waals surface area (Å²) >= 11 is 2.93. The molecule has 0 spiro atoms. The van der Waals surface area contributed by atoms with Gasteiger partial charge in [-0.15, -0.1) is 0 Å². The minimum absolute atomic E-state index is 0.0558. The summed E-state index contributed by atoms with van der Waals surface area (Å²) in [5.74, 6) is -0.513. The molecule has 0 N–H and O–H groups in total. The van der Waals surface area contributed by atoms with Crippen LogP contribution in [0.5, 0.6) is 0 Å². The maximum absolute atomic E-state index is 12.9. The van der Waals surface area contributed by atoms with Gasteiger partial charge in [0.25, 0.3) is 5.52 Å². The van der Waals surface area contributed by atoms with Crippen LogP contribution in [-0.4, -0.2) is 19.7 Å². The van der Waals surface area contributed by atoms with Crippen LogP contribution in [0.2, 0.25) is 0 Å². The number of halogens is 2. The van der Waals surface area contributed by atoms with E-state index in [0.717, 1.165) is 20.3 Å². The smallest absolute Gasteiger partial charge is 0.306 e. The van der Waals surface area contributed by atoms with Crippen molar-refractivity contribution in [1.29, 1.82) is 0 Å². The highest BCUT2D eigenvalue weighted by atomic mass is 79.9. The van der Waals surface area contributed by atoms with E-state index in [1.54, 1.807) is 0 Å². The first-order chi connectivity index (χ1) is 7.44. The van der Waals surface area contributed by atoms with Crippen molar-refractivity contribution >= 4 is 29.1 Å². The standard InChI is InChI=1S/C9H9BrFO4P/c1-14-16(13,15-2)9(12)6-3-4-8(11)7(10)5-6/h3-5H,1-2H3. The molecule has 0 unspecified atom stereocenters. The molecule has 0 radical (unpaired) electrons. The predicted octanol–water partition coefficient (Wildman–Crippen LogP) is 3.21. The molecule has 1 rings (SSSR count). The van der Waals surface area contributed by atoms with Crippen molar-refractivity contribution in [3.63, 3.8) is 0 Å². The summed E-state index contributed by atoms with van der Waals surface area (Å²) in [6.07, 6.45) is 0. The van der Waals surface area contributed by atoms with Crippen molar-refractivity contribution in [2.45, 2.75) is 0 Å². The average Bonchev–Trinajstić information content (AvgIpc) is 2.30. The van der Waals surface area contributed by atoms with Crippen LogP contribution in [0.25, 0.3) is 0 Å². The highest BCUT2D eigenvalue weighted by molar-refractivity contribution is 9.10. The van der Waals surface area contributed by atoms with Crippen molar-refractivity contribution in [3.8, 4) is 0 Å². The van der Waals surface area contributed by atoms with Crippen LogP contribution in [0.15, 0.2) is 22.7 Å². The van der Waals surface area contributed by atoms with Gasteiger partial charge in [0, 0.05) is 19.8 Å². The number of hydrogen-bond donors (Lipinski definition) is 0. The highest BCUT2D eigenvalue weighted by Crippen LogP contribution is 2.49. The summed E-state index contributed by atoms with van der Waals surface area (Å²) in [6.45, 7) is 0. The van der Waals surface area contributed by atoms with Gasteiger partial charge < -0.3 is 9.05 Å². The lowest BCUT2D eigenvalue weighted by molar-refractivity contribution is 0.102. The van der Waals surface area contributed by atoms with Crippen LogP contribution in [0.1, 0.15) is 10.4 Å². The van der Waals surface area contributed by atoms with Gasteiger partial charge in [-0.25, -0.2) is 4.39 Å². The molecule has 0 amide bonds.